The maximum atomic E-state index is 4.50. The van der Waals surface area contributed by atoms with Gasteiger partial charge in [0.05, 0.1) is 5.69 Å². The number of piperidine rings is 1. The van der Waals surface area contributed by atoms with Gasteiger partial charge in [0.15, 0.2) is 0 Å². The molecule has 1 N–H and O–H groups in total. The quantitative estimate of drug-likeness (QED) is 0.832. The van der Waals surface area contributed by atoms with E-state index in [1.165, 1.54) is 56.1 Å². The largest absolute Gasteiger partial charge is 0.369 e. The normalized spacial score (nSPS) is 22.1. The smallest absolute Gasteiger partial charge is 0.0628 e. The third kappa shape index (κ3) is 4.95. The van der Waals surface area contributed by atoms with Gasteiger partial charge in [0, 0.05) is 56.7 Å². The summed E-state index contributed by atoms with van der Waals surface area (Å²) in [6.45, 7) is 12.5. The van der Waals surface area contributed by atoms with Gasteiger partial charge in [-0.1, -0.05) is 32.0 Å². The lowest BCUT2D eigenvalue weighted by atomic mass is 10.0. The van der Waals surface area contributed by atoms with E-state index in [0.717, 1.165) is 26.1 Å². The second kappa shape index (κ2) is 9.10. The molecule has 2 aliphatic heterocycles. The van der Waals surface area contributed by atoms with Gasteiger partial charge in [-0.2, -0.15) is 5.10 Å². The topological polar surface area (TPSA) is 38.4 Å². The van der Waals surface area contributed by atoms with E-state index in [9.17, 15) is 0 Å². The Labute approximate surface area is 169 Å². The summed E-state index contributed by atoms with van der Waals surface area (Å²) in [5.74, 6) is 0.657. The molecule has 4 rings (SSSR count). The number of H-pyrrole nitrogens is 1. The van der Waals surface area contributed by atoms with Crippen molar-refractivity contribution < 1.29 is 0 Å². The summed E-state index contributed by atoms with van der Waals surface area (Å²) in [6.07, 6.45) is 3.70. The second-order valence-electron chi connectivity index (χ2n) is 8.87. The van der Waals surface area contributed by atoms with Gasteiger partial charge < -0.3 is 4.90 Å². The van der Waals surface area contributed by atoms with E-state index >= 15 is 0 Å². The molecule has 28 heavy (non-hydrogen) atoms. The Kier molecular flexibility index (Phi) is 6.33. The first-order valence-electron chi connectivity index (χ1n) is 11.0. The molecule has 2 saturated heterocycles. The van der Waals surface area contributed by atoms with Crippen LogP contribution in [-0.4, -0.2) is 65.3 Å². The summed E-state index contributed by atoms with van der Waals surface area (Å²) in [6, 6.07) is 13.8. The van der Waals surface area contributed by atoms with Gasteiger partial charge in [0.25, 0.3) is 0 Å². The molecule has 0 aliphatic carbocycles. The van der Waals surface area contributed by atoms with Gasteiger partial charge >= 0.3 is 0 Å². The SMILES string of the molecule is CC(C)Cc1cc(CN2CCCC(N3CCN(c4ccccc4)CC3)C2)[nH]n1. The van der Waals surface area contributed by atoms with Gasteiger partial charge in [-0.05, 0) is 49.9 Å². The summed E-state index contributed by atoms with van der Waals surface area (Å²) in [5, 5.41) is 7.77. The molecule has 1 unspecified atom stereocenters. The molecule has 1 aromatic heterocycles. The van der Waals surface area contributed by atoms with E-state index in [-0.39, 0.29) is 0 Å². The van der Waals surface area contributed by atoms with Crippen LogP contribution < -0.4 is 4.90 Å². The molecule has 0 radical (unpaired) electrons. The lowest BCUT2D eigenvalue weighted by Crippen LogP contribution is -2.55. The van der Waals surface area contributed by atoms with E-state index in [4.69, 9.17) is 0 Å². The van der Waals surface area contributed by atoms with Gasteiger partial charge in [0.1, 0.15) is 0 Å². The van der Waals surface area contributed by atoms with Crippen LogP contribution in [0.4, 0.5) is 5.69 Å². The third-order valence-corrected chi connectivity index (χ3v) is 6.13. The molecule has 0 bridgehead atoms. The molecule has 152 valence electrons. The first kappa shape index (κ1) is 19.5. The monoisotopic (exact) mass is 381 g/mol. The maximum absolute atomic E-state index is 4.50. The first-order chi connectivity index (χ1) is 13.7. The van der Waals surface area contributed by atoms with E-state index in [1.807, 2.05) is 0 Å². The number of aromatic nitrogens is 2. The molecule has 5 heteroatoms. The third-order valence-electron chi connectivity index (χ3n) is 6.13. The molecule has 2 aliphatic rings. The molecule has 2 aromatic rings. The van der Waals surface area contributed by atoms with E-state index in [0.29, 0.717) is 12.0 Å². The van der Waals surface area contributed by atoms with Crippen molar-refractivity contribution in [2.75, 3.05) is 44.2 Å². The molecular weight excluding hydrogens is 346 g/mol. The van der Waals surface area contributed by atoms with Crippen LogP contribution in [0.5, 0.6) is 0 Å². The van der Waals surface area contributed by atoms with Crippen LogP contribution >= 0.6 is 0 Å². The first-order valence-corrected chi connectivity index (χ1v) is 11.0. The fourth-order valence-electron chi connectivity index (χ4n) is 4.71. The Bertz CT molecular complexity index is 718. The number of aromatic amines is 1. The van der Waals surface area contributed by atoms with Crippen molar-refractivity contribution in [2.24, 2.45) is 5.92 Å². The van der Waals surface area contributed by atoms with E-state index in [2.05, 4.69) is 75.1 Å². The molecule has 3 heterocycles. The van der Waals surface area contributed by atoms with Gasteiger partial charge in [0.2, 0.25) is 0 Å². The van der Waals surface area contributed by atoms with Crippen molar-refractivity contribution in [3.8, 4) is 0 Å². The van der Waals surface area contributed by atoms with Crippen LogP contribution in [0.25, 0.3) is 0 Å². The summed E-state index contributed by atoms with van der Waals surface area (Å²) < 4.78 is 0. The van der Waals surface area contributed by atoms with Crippen LogP contribution in [0.15, 0.2) is 36.4 Å². The number of nitrogens with zero attached hydrogens (tertiary/aromatic N) is 4. The highest BCUT2D eigenvalue weighted by Gasteiger charge is 2.28. The Morgan fingerprint density at radius 2 is 1.86 bits per heavy atom. The lowest BCUT2D eigenvalue weighted by Gasteiger charge is -2.44. The molecule has 0 saturated carbocycles. The lowest BCUT2D eigenvalue weighted by molar-refractivity contribution is 0.0881. The molecule has 0 amide bonds. The van der Waals surface area contributed by atoms with E-state index < -0.39 is 0 Å². The summed E-state index contributed by atoms with van der Waals surface area (Å²) in [5.41, 5.74) is 3.84. The van der Waals surface area contributed by atoms with E-state index in [1.54, 1.807) is 0 Å². The Morgan fingerprint density at radius 3 is 2.61 bits per heavy atom. The van der Waals surface area contributed by atoms with Crippen LogP contribution in [0.2, 0.25) is 0 Å². The van der Waals surface area contributed by atoms with Gasteiger partial charge in [-0.25, -0.2) is 0 Å². The highest BCUT2D eigenvalue weighted by Crippen LogP contribution is 2.22. The van der Waals surface area contributed by atoms with Crippen LogP contribution in [0.3, 0.4) is 0 Å². The molecular formula is C23H35N5. The summed E-state index contributed by atoms with van der Waals surface area (Å²) in [7, 11) is 0. The van der Waals surface area contributed by atoms with Gasteiger partial charge in [-0.15, -0.1) is 0 Å². The number of hydrogen-bond acceptors (Lipinski definition) is 4. The van der Waals surface area contributed by atoms with Crippen LogP contribution in [-0.2, 0) is 13.0 Å². The Balaban J connectivity index is 1.28. The Morgan fingerprint density at radius 1 is 1.07 bits per heavy atom. The predicted molar refractivity (Wildman–Crippen MR) is 116 cm³/mol. The number of rotatable bonds is 6. The zero-order valence-corrected chi connectivity index (χ0v) is 17.5. The average molecular weight is 382 g/mol. The number of piperazine rings is 1. The highest BCUT2D eigenvalue weighted by atomic mass is 15.3. The van der Waals surface area contributed by atoms with Crippen molar-refractivity contribution in [3.05, 3.63) is 47.8 Å². The zero-order chi connectivity index (χ0) is 19.3. The van der Waals surface area contributed by atoms with Crippen LogP contribution in [0, 0.1) is 5.92 Å². The fraction of sp³-hybridized carbons (Fsp3) is 0.609. The molecule has 5 nitrogen and oxygen atoms in total. The standard InChI is InChI=1S/C23H35N5/c1-19(2)15-20-16-21(25-24-20)17-26-10-6-9-23(18-26)28-13-11-27(12-14-28)22-7-4-3-5-8-22/h3-5,7-8,16,19,23H,6,9-15,17-18H2,1-2H3,(H,24,25). The molecule has 1 atom stereocenters. The highest BCUT2D eigenvalue weighted by molar-refractivity contribution is 5.46. The van der Waals surface area contributed by atoms with Crippen molar-refractivity contribution in [3.63, 3.8) is 0 Å². The van der Waals surface area contributed by atoms with Crippen molar-refractivity contribution in [1.82, 2.24) is 20.0 Å². The minimum Gasteiger partial charge on any atom is -0.369 e. The Hall–Kier alpha value is -1.85. The van der Waals surface area contributed by atoms with Gasteiger partial charge in [-0.3, -0.25) is 14.9 Å². The fourth-order valence-corrected chi connectivity index (χ4v) is 4.71. The number of hydrogen-bond donors (Lipinski definition) is 1. The maximum Gasteiger partial charge on any atom is 0.0628 e. The number of benzene rings is 1. The molecule has 1 aromatic carbocycles. The van der Waals surface area contributed by atoms with Crippen molar-refractivity contribution in [2.45, 2.75) is 45.7 Å². The minimum absolute atomic E-state index is 0.657. The second-order valence-corrected chi connectivity index (χ2v) is 8.87. The predicted octanol–water partition coefficient (Wildman–Crippen LogP) is 3.39. The molecule has 0 spiro atoms. The van der Waals surface area contributed by atoms with Crippen LogP contribution in [0.1, 0.15) is 38.1 Å². The number of para-hydroxylation sites is 1. The minimum atomic E-state index is 0.657. The number of nitrogens with one attached hydrogen (secondary N) is 1. The van der Waals surface area contributed by atoms with Crippen molar-refractivity contribution >= 4 is 5.69 Å². The molecule has 2 fully saturated rings. The summed E-state index contributed by atoms with van der Waals surface area (Å²) >= 11 is 0. The van der Waals surface area contributed by atoms with Crippen molar-refractivity contribution in [1.29, 1.82) is 0 Å². The number of likely N-dealkylation sites (tertiary alicyclic amines) is 1. The summed E-state index contributed by atoms with van der Waals surface area (Å²) in [4.78, 5) is 7.87. The zero-order valence-electron chi connectivity index (χ0n) is 17.5. The average Bonchev–Trinajstić information content (AvgIpc) is 3.15. The number of anilines is 1.